The summed E-state index contributed by atoms with van der Waals surface area (Å²) < 4.78 is 10.7. The average Bonchev–Trinajstić information content (AvgIpc) is 3.15. The van der Waals surface area contributed by atoms with Crippen LogP contribution in [0.2, 0.25) is 0 Å². The Labute approximate surface area is 310 Å². The van der Waals surface area contributed by atoms with Crippen molar-refractivity contribution in [2.24, 2.45) is 5.92 Å². The van der Waals surface area contributed by atoms with Crippen molar-refractivity contribution in [3.8, 4) is 11.1 Å². The Morgan fingerprint density at radius 1 is 0.569 bits per heavy atom. The molecule has 4 aromatic rings. The van der Waals surface area contributed by atoms with E-state index in [0.29, 0.717) is 0 Å². The van der Waals surface area contributed by atoms with E-state index in [-0.39, 0.29) is 0 Å². The van der Waals surface area contributed by atoms with Crippen molar-refractivity contribution < 1.29 is 9.47 Å². The van der Waals surface area contributed by atoms with Crippen LogP contribution in [0.25, 0.3) is 11.1 Å². The summed E-state index contributed by atoms with van der Waals surface area (Å²) in [5.74, 6) is 0.955. The number of aryl methyl sites for hydroxylation is 4. The number of nitrogens with zero attached hydrogens (tertiary/aromatic N) is 3. The van der Waals surface area contributed by atoms with E-state index in [2.05, 4.69) is 160 Å². The minimum absolute atomic E-state index is 0.834. The Morgan fingerprint density at radius 2 is 1.04 bits per heavy atom. The minimum atomic E-state index is 0.834. The Morgan fingerprint density at radius 3 is 1.57 bits per heavy atom. The fourth-order valence-corrected chi connectivity index (χ4v) is 6.67. The summed E-state index contributed by atoms with van der Waals surface area (Å²) in [6.45, 7) is 20.1. The molecule has 3 aliphatic rings. The van der Waals surface area contributed by atoms with Gasteiger partial charge >= 0.3 is 0 Å². The molecule has 0 spiro atoms. The van der Waals surface area contributed by atoms with E-state index in [0.717, 1.165) is 58.0 Å². The number of rotatable bonds is 5. The van der Waals surface area contributed by atoms with E-state index in [9.17, 15) is 0 Å². The molecule has 51 heavy (non-hydrogen) atoms. The van der Waals surface area contributed by atoms with Gasteiger partial charge in [-0.25, -0.2) is 0 Å². The van der Waals surface area contributed by atoms with Crippen molar-refractivity contribution in [2.45, 2.75) is 72.9 Å². The minimum Gasteiger partial charge on any atom is -0.381 e. The van der Waals surface area contributed by atoms with E-state index in [1.807, 2.05) is 0 Å². The van der Waals surface area contributed by atoms with Gasteiger partial charge in [-0.3, -0.25) is 0 Å². The van der Waals surface area contributed by atoms with Gasteiger partial charge in [-0.15, -0.1) is 0 Å². The van der Waals surface area contributed by atoms with Gasteiger partial charge in [0, 0.05) is 44.6 Å². The molecule has 3 heterocycles. The van der Waals surface area contributed by atoms with Gasteiger partial charge < -0.3 is 24.2 Å². The zero-order valence-electron chi connectivity index (χ0n) is 32.7. The molecule has 0 bridgehead atoms. The zero-order valence-corrected chi connectivity index (χ0v) is 32.7. The molecule has 0 amide bonds. The van der Waals surface area contributed by atoms with Gasteiger partial charge in [0.2, 0.25) is 0 Å². The van der Waals surface area contributed by atoms with Crippen molar-refractivity contribution >= 4 is 5.69 Å². The topological polar surface area (TPSA) is 28.2 Å². The summed E-state index contributed by atoms with van der Waals surface area (Å²) in [7, 11) is 4.21. The fourth-order valence-electron chi connectivity index (χ4n) is 6.67. The number of hydrogen-bond donors (Lipinski definition) is 0. The van der Waals surface area contributed by atoms with E-state index in [1.165, 1.54) is 83.4 Å². The monoisotopic (exact) mass is 692 g/mol. The molecule has 7 rings (SSSR count). The lowest BCUT2D eigenvalue weighted by Gasteiger charge is -2.38. The number of piperidine rings is 1. The number of hydrogen-bond acceptors (Lipinski definition) is 5. The van der Waals surface area contributed by atoms with Crippen LogP contribution in [0.1, 0.15) is 60.4 Å². The summed E-state index contributed by atoms with van der Waals surface area (Å²) in [6, 6.07) is 35.3. The lowest BCUT2D eigenvalue weighted by atomic mass is 9.96. The second kappa shape index (κ2) is 21.8. The zero-order chi connectivity index (χ0) is 36.4. The van der Waals surface area contributed by atoms with Crippen LogP contribution in [0.15, 0.2) is 97.1 Å². The highest BCUT2D eigenvalue weighted by atomic mass is 16.5. The molecule has 5 nitrogen and oxygen atoms in total. The summed E-state index contributed by atoms with van der Waals surface area (Å²) in [5, 5.41) is 0. The number of benzene rings is 4. The largest absolute Gasteiger partial charge is 0.381 e. The second-order valence-corrected chi connectivity index (χ2v) is 14.9. The summed E-state index contributed by atoms with van der Waals surface area (Å²) in [6.07, 6.45) is 5.32. The first-order chi connectivity index (χ1) is 24.7. The van der Waals surface area contributed by atoms with Crippen LogP contribution >= 0.6 is 0 Å². The molecule has 3 saturated heterocycles. The van der Waals surface area contributed by atoms with Crippen LogP contribution in [0, 0.1) is 33.6 Å². The lowest BCUT2D eigenvalue weighted by Crippen LogP contribution is -2.43. The highest BCUT2D eigenvalue weighted by Gasteiger charge is 2.24. The Kier molecular flexibility index (Phi) is 17.2. The molecule has 0 aliphatic carbocycles. The highest BCUT2D eigenvalue weighted by molar-refractivity contribution is 5.67. The molecular weight excluding hydrogens is 627 g/mol. The molecule has 0 atom stereocenters. The van der Waals surface area contributed by atoms with Crippen molar-refractivity contribution in [1.82, 2.24) is 9.80 Å². The van der Waals surface area contributed by atoms with Gasteiger partial charge in [-0.1, -0.05) is 114 Å². The number of morpholine rings is 1. The molecule has 0 aromatic heterocycles. The third-order valence-corrected chi connectivity index (χ3v) is 10.0. The Balaban J connectivity index is 0.000000157. The van der Waals surface area contributed by atoms with Gasteiger partial charge in [0.15, 0.2) is 0 Å². The maximum absolute atomic E-state index is 5.38. The van der Waals surface area contributed by atoms with Gasteiger partial charge in [-0.2, -0.15) is 0 Å². The van der Waals surface area contributed by atoms with Crippen LogP contribution in [-0.4, -0.2) is 82.5 Å². The number of likely N-dealkylation sites (tertiary alicyclic amines) is 1. The van der Waals surface area contributed by atoms with Gasteiger partial charge in [0.1, 0.15) is 0 Å². The van der Waals surface area contributed by atoms with Crippen molar-refractivity contribution in [1.29, 1.82) is 0 Å². The number of anilines is 1. The molecule has 0 radical (unpaired) electrons. The van der Waals surface area contributed by atoms with E-state index in [4.69, 9.17) is 9.47 Å². The standard InChI is InChI=1S/C16H19N.C11H21NO.C11H15NO.C8H10/c1-13-8-10-14(11-9-13)16-7-5-4-6-15(16)12-17(2)3;1-10-2-6-12(7-3-10)11-4-8-13-9-5-11;1-10-2-4-11(5-3-10)12-6-8-13-9-7-12;1-7-3-5-8(2)6-4-7/h4-11H,12H2,1-3H3;10-11H,2-9H2,1H3;2-5H,6-9H2,1H3;3-6H,1-2H3. The molecule has 0 N–H and O–H groups in total. The van der Waals surface area contributed by atoms with E-state index >= 15 is 0 Å². The summed E-state index contributed by atoms with van der Waals surface area (Å²) in [4.78, 5) is 7.25. The predicted molar refractivity (Wildman–Crippen MR) is 218 cm³/mol. The second-order valence-electron chi connectivity index (χ2n) is 14.9. The molecule has 0 unspecified atom stereocenters. The van der Waals surface area contributed by atoms with E-state index < -0.39 is 0 Å². The van der Waals surface area contributed by atoms with Crippen LogP contribution in [0.3, 0.4) is 0 Å². The first-order valence-corrected chi connectivity index (χ1v) is 19.2. The van der Waals surface area contributed by atoms with Crippen LogP contribution in [-0.2, 0) is 16.0 Å². The molecular formula is C46H65N3O2. The normalized spacial score (nSPS) is 17.0. The third kappa shape index (κ3) is 14.6. The van der Waals surface area contributed by atoms with E-state index in [1.54, 1.807) is 0 Å². The first kappa shape index (κ1) is 40.3. The van der Waals surface area contributed by atoms with Crippen LogP contribution < -0.4 is 4.90 Å². The highest BCUT2D eigenvalue weighted by Crippen LogP contribution is 2.25. The predicted octanol–water partition coefficient (Wildman–Crippen LogP) is 9.76. The van der Waals surface area contributed by atoms with Crippen molar-refractivity contribution in [3.63, 3.8) is 0 Å². The van der Waals surface area contributed by atoms with Crippen molar-refractivity contribution in [3.05, 3.63) is 125 Å². The van der Waals surface area contributed by atoms with Gasteiger partial charge in [0.25, 0.3) is 0 Å². The Hall–Kier alpha value is -3.48. The molecule has 0 saturated carbocycles. The maximum atomic E-state index is 5.38. The molecule has 5 heteroatoms. The lowest BCUT2D eigenvalue weighted by molar-refractivity contribution is 0.0222. The quantitative estimate of drug-likeness (QED) is 0.208. The Bertz CT molecular complexity index is 1480. The smallest absolute Gasteiger partial charge is 0.0642 e. The molecule has 4 aromatic carbocycles. The summed E-state index contributed by atoms with van der Waals surface area (Å²) >= 11 is 0. The average molecular weight is 692 g/mol. The third-order valence-electron chi connectivity index (χ3n) is 10.0. The van der Waals surface area contributed by atoms with Crippen LogP contribution in [0.5, 0.6) is 0 Å². The SMILES string of the molecule is CC1CCN(C2CCOCC2)CC1.Cc1ccc(-c2ccccc2CN(C)C)cc1.Cc1ccc(C)cc1.Cc1ccc(N2CCOCC2)cc1. The summed E-state index contributed by atoms with van der Waals surface area (Å²) in [5.41, 5.74) is 10.6. The first-order valence-electron chi connectivity index (χ1n) is 19.2. The maximum Gasteiger partial charge on any atom is 0.0642 e. The molecule has 276 valence electrons. The van der Waals surface area contributed by atoms with Gasteiger partial charge in [0.05, 0.1) is 13.2 Å². The molecule has 3 fully saturated rings. The van der Waals surface area contributed by atoms with Crippen molar-refractivity contribution in [2.75, 3.05) is 71.6 Å². The van der Waals surface area contributed by atoms with Gasteiger partial charge in [-0.05, 0) is 115 Å². The fraction of sp³-hybridized carbons (Fsp3) is 0.478. The number of ether oxygens (including phenoxy) is 2. The molecule has 3 aliphatic heterocycles. The van der Waals surface area contributed by atoms with Crippen LogP contribution in [0.4, 0.5) is 5.69 Å².